The number of aromatic nitrogens is 4. The molecule has 2 heterocycles. The summed E-state index contributed by atoms with van der Waals surface area (Å²) in [5, 5.41) is 9.06. The Morgan fingerprint density at radius 3 is 2.71 bits per heavy atom. The quantitative estimate of drug-likeness (QED) is 0.764. The highest BCUT2D eigenvalue weighted by Crippen LogP contribution is 2.20. The van der Waals surface area contributed by atoms with Crippen LogP contribution in [0.25, 0.3) is 11.2 Å². The molecule has 0 aliphatic rings. The van der Waals surface area contributed by atoms with Crippen molar-refractivity contribution in [2.75, 3.05) is 25.1 Å². The highest BCUT2D eigenvalue weighted by Gasteiger charge is 2.13. The van der Waals surface area contributed by atoms with Crippen molar-refractivity contribution in [2.24, 2.45) is 0 Å². The molecule has 2 aromatic heterocycles. The average Bonchev–Trinajstić information content (AvgIpc) is 2.92. The number of likely N-dealkylation sites (N-methyl/N-ethyl adjacent to an activating group) is 1. The fraction of sp³-hybridized carbons (Fsp3) is 0.267. The lowest BCUT2D eigenvalue weighted by molar-refractivity contribution is 0.304. The fourth-order valence-electron chi connectivity index (χ4n) is 2.30. The molecule has 0 aliphatic carbocycles. The Morgan fingerprint density at radius 2 is 1.95 bits per heavy atom. The van der Waals surface area contributed by atoms with E-state index in [9.17, 15) is 0 Å². The molecular weight excluding hydrogens is 266 g/mol. The largest absolute Gasteiger partial charge is 0.395 e. The Labute approximate surface area is 122 Å². The van der Waals surface area contributed by atoms with Crippen LogP contribution in [0.1, 0.15) is 5.56 Å². The molecule has 6 heteroatoms. The van der Waals surface area contributed by atoms with Gasteiger partial charge in [-0.05, 0) is 5.56 Å². The number of benzene rings is 1. The molecule has 0 spiro atoms. The zero-order valence-corrected chi connectivity index (χ0v) is 11.8. The monoisotopic (exact) mass is 283 g/mol. The van der Waals surface area contributed by atoms with Crippen LogP contribution in [0.3, 0.4) is 0 Å². The van der Waals surface area contributed by atoms with Crippen molar-refractivity contribution in [3.8, 4) is 0 Å². The molecule has 0 atom stereocenters. The SMILES string of the molecule is CN(CCO)c1ncnc2c1ncn2Cc1ccccc1. The summed E-state index contributed by atoms with van der Waals surface area (Å²) in [4.78, 5) is 14.9. The van der Waals surface area contributed by atoms with Gasteiger partial charge in [-0.3, -0.25) is 0 Å². The number of aliphatic hydroxyl groups is 1. The maximum absolute atomic E-state index is 9.06. The molecule has 108 valence electrons. The van der Waals surface area contributed by atoms with Gasteiger partial charge in [0.1, 0.15) is 6.33 Å². The van der Waals surface area contributed by atoms with Gasteiger partial charge in [0.05, 0.1) is 19.5 Å². The van der Waals surface area contributed by atoms with Crippen LogP contribution in [0.4, 0.5) is 5.82 Å². The summed E-state index contributed by atoms with van der Waals surface area (Å²) < 4.78 is 2.00. The first-order valence-corrected chi connectivity index (χ1v) is 6.81. The third-order valence-electron chi connectivity index (χ3n) is 3.37. The van der Waals surface area contributed by atoms with Crippen molar-refractivity contribution in [1.29, 1.82) is 0 Å². The highest BCUT2D eigenvalue weighted by atomic mass is 16.3. The van der Waals surface area contributed by atoms with Gasteiger partial charge in [0, 0.05) is 13.6 Å². The lowest BCUT2D eigenvalue weighted by atomic mass is 10.2. The number of imidazole rings is 1. The summed E-state index contributed by atoms with van der Waals surface area (Å²) in [5.74, 6) is 0.737. The van der Waals surface area contributed by atoms with Crippen LogP contribution in [0.15, 0.2) is 43.0 Å². The van der Waals surface area contributed by atoms with Crippen LogP contribution >= 0.6 is 0 Å². The summed E-state index contributed by atoms with van der Waals surface area (Å²) in [5.41, 5.74) is 2.75. The van der Waals surface area contributed by atoms with E-state index in [1.54, 1.807) is 6.33 Å². The van der Waals surface area contributed by atoms with E-state index < -0.39 is 0 Å². The molecule has 3 rings (SSSR count). The molecule has 0 amide bonds. The first-order chi connectivity index (χ1) is 10.3. The molecule has 0 aliphatic heterocycles. The summed E-state index contributed by atoms with van der Waals surface area (Å²) in [7, 11) is 1.88. The number of nitrogens with zero attached hydrogens (tertiary/aromatic N) is 5. The second-order valence-electron chi connectivity index (χ2n) is 4.87. The molecule has 0 radical (unpaired) electrons. The first kappa shape index (κ1) is 13.5. The maximum Gasteiger partial charge on any atom is 0.165 e. The maximum atomic E-state index is 9.06. The van der Waals surface area contributed by atoms with Crippen molar-refractivity contribution in [3.05, 3.63) is 48.5 Å². The standard InChI is InChI=1S/C15H17N5O/c1-19(7-8-21)14-13-15(17-10-16-14)20(11-18-13)9-12-5-3-2-4-6-12/h2-6,10-11,21H,7-9H2,1H3. The zero-order valence-electron chi connectivity index (χ0n) is 11.8. The van der Waals surface area contributed by atoms with Gasteiger partial charge in [-0.1, -0.05) is 30.3 Å². The van der Waals surface area contributed by atoms with Crippen LogP contribution < -0.4 is 4.90 Å². The topological polar surface area (TPSA) is 67.1 Å². The van der Waals surface area contributed by atoms with E-state index in [2.05, 4.69) is 27.1 Å². The second kappa shape index (κ2) is 5.88. The lowest BCUT2D eigenvalue weighted by Gasteiger charge is -2.16. The predicted octanol–water partition coefficient (Wildman–Crippen LogP) is 1.30. The molecule has 0 fully saturated rings. The molecule has 21 heavy (non-hydrogen) atoms. The van der Waals surface area contributed by atoms with Gasteiger partial charge in [-0.25, -0.2) is 15.0 Å². The highest BCUT2D eigenvalue weighted by molar-refractivity contribution is 5.83. The van der Waals surface area contributed by atoms with E-state index in [0.717, 1.165) is 23.5 Å². The van der Waals surface area contributed by atoms with Crippen molar-refractivity contribution in [3.63, 3.8) is 0 Å². The van der Waals surface area contributed by atoms with Crippen LogP contribution in [-0.2, 0) is 6.54 Å². The van der Waals surface area contributed by atoms with E-state index in [1.165, 1.54) is 11.9 Å². The van der Waals surface area contributed by atoms with Gasteiger partial charge in [0.15, 0.2) is 17.0 Å². The minimum absolute atomic E-state index is 0.0761. The Hall–Kier alpha value is -2.47. The Kier molecular flexibility index (Phi) is 3.79. The van der Waals surface area contributed by atoms with E-state index in [0.29, 0.717) is 6.54 Å². The second-order valence-corrected chi connectivity index (χ2v) is 4.87. The normalized spacial score (nSPS) is 11.0. The van der Waals surface area contributed by atoms with Crippen LogP contribution in [0.5, 0.6) is 0 Å². The molecule has 3 aromatic rings. The van der Waals surface area contributed by atoms with Crippen molar-refractivity contribution >= 4 is 17.0 Å². The Morgan fingerprint density at radius 1 is 1.14 bits per heavy atom. The molecule has 0 saturated heterocycles. The third-order valence-corrected chi connectivity index (χ3v) is 3.37. The smallest absolute Gasteiger partial charge is 0.165 e. The number of hydrogen-bond acceptors (Lipinski definition) is 5. The summed E-state index contributed by atoms with van der Waals surface area (Å²) in [6.45, 7) is 1.31. The molecule has 6 nitrogen and oxygen atoms in total. The number of rotatable bonds is 5. The molecule has 1 N–H and O–H groups in total. The zero-order chi connectivity index (χ0) is 14.7. The molecule has 0 bridgehead atoms. The number of anilines is 1. The van der Waals surface area contributed by atoms with Gasteiger partial charge in [-0.2, -0.15) is 0 Å². The van der Waals surface area contributed by atoms with Crippen LogP contribution in [-0.4, -0.2) is 44.8 Å². The minimum Gasteiger partial charge on any atom is -0.395 e. The Balaban J connectivity index is 1.97. The molecule has 0 saturated carbocycles. The number of aliphatic hydroxyl groups excluding tert-OH is 1. The van der Waals surface area contributed by atoms with Crippen LogP contribution in [0, 0.1) is 0 Å². The number of fused-ring (bicyclic) bond motifs is 1. The predicted molar refractivity (Wildman–Crippen MR) is 81.2 cm³/mol. The van der Waals surface area contributed by atoms with Crippen molar-refractivity contribution in [2.45, 2.75) is 6.54 Å². The van der Waals surface area contributed by atoms with Crippen molar-refractivity contribution < 1.29 is 5.11 Å². The van der Waals surface area contributed by atoms with E-state index in [1.807, 2.05) is 34.7 Å². The first-order valence-electron chi connectivity index (χ1n) is 6.81. The molecular formula is C15H17N5O. The molecule has 1 aromatic carbocycles. The summed E-state index contributed by atoms with van der Waals surface area (Å²) >= 11 is 0. The van der Waals surface area contributed by atoms with Crippen molar-refractivity contribution in [1.82, 2.24) is 19.5 Å². The van der Waals surface area contributed by atoms with E-state index in [-0.39, 0.29) is 6.61 Å². The van der Waals surface area contributed by atoms with Gasteiger partial charge >= 0.3 is 0 Å². The van der Waals surface area contributed by atoms with Gasteiger partial charge < -0.3 is 14.6 Å². The van der Waals surface area contributed by atoms with Crippen LogP contribution in [0.2, 0.25) is 0 Å². The molecule has 0 unspecified atom stereocenters. The van der Waals surface area contributed by atoms with E-state index >= 15 is 0 Å². The third kappa shape index (κ3) is 2.71. The lowest BCUT2D eigenvalue weighted by Crippen LogP contribution is -2.22. The fourth-order valence-corrected chi connectivity index (χ4v) is 2.30. The summed E-state index contributed by atoms with van der Waals surface area (Å²) in [6, 6.07) is 10.2. The van der Waals surface area contributed by atoms with Gasteiger partial charge in [0.25, 0.3) is 0 Å². The minimum atomic E-state index is 0.0761. The summed E-state index contributed by atoms with van der Waals surface area (Å²) in [6.07, 6.45) is 3.32. The van der Waals surface area contributed by atoms with Gasteiger partial charge in [-0.15, -0.1) is 0 Å². The average molecular weight is 283 g/mol. The Bertz CT molecular complexity index is 725. The number of hydrogen-bond donors (Lipinski definition) is 1. The van der Waals surface area contributed by atoms with E-state index in [4.69, 9.17) is 5.11 Å². The van der Waals surface area contributed by atoms with Gasteiger partial charge in [0.2, 0.25) is 0 Å².